The Morgan fingerprint density at radius 2 is 2.11 bits per heavy atom. The Balaban J connectivity index is 2.94. The fraction of sp³-hybridized carbons (Fsp3) is 0.417. The summed E-state index contributed by atoms with van der Waals surface area (Å²) in [4.78, 5) is 21.4. The molecule has 0 aliphatic carbocycles. The van der Waals surface area contributed by atoms with Crippen LogP contribution in [-0.2, 0) is 0 Å². The second kappa shape index (κ2) is 6.14. The number of non-ortho nitro benzene ring substituents is 1. The van der Waals surface area contributed by atoms with Gasteiger partial charge < -0.3 is 16.8 Å². The first-order valence-corrected chi connectivity index (χ1v) is 5.90. The summed E-state index contributed by atoms with van der Waals surface area (Å²) in [5, 5.41) is 13.6. The smallest absolute Gasteiger partial charge is 0.270 e. The lowest BCUT2D eigenvalue weighted by molar-refractivity contribution is -0.384. The Kier molecular flexibility index (Phi) is 4.82. The van der Waals surface area contributed by atoms with Gasteiger partial charge in [-0.1, -0.05) is 13.8 Å². The van der Waals surface area contributed by atoms with Crippen molar-refractivity contribution in [3.63, 3.8) is 0 Å². The predicted octanol–water partition coefficient (Wildman–Crippen LogP) is 1.09. The lowest BCUT2D eigenvalue weighted by Gasteiger charge is -2.18. The summed E-state index contributed by atoms with van der Waals surface area (Å²) in [6, 6.07) is 3.85. The highest BCUT2D eigenvalue weighted by Gasteiger charge is 2.15. The molecule has 104 valence electrons. The Bertz CT molecular complexity index is 488. The third-order valence-corrected chi connectivity index (χ3v) is 2.86. The quantitative estimate of drug-likeness (QED) is 0.525. The highest BCUT2D eigenvalue weighted by atomic mass is 16.6. The maximum Gasteiger partial charge on any atom is 0.270 e. The average Bonchev–Trinajstić information content (AvgIpc) is 2.35. The molecule has 0 saturated carbocycles. The maximum atomic E-state index is 11.3. The summed E-state index contributed by atoms with van der Waals surface area (Å²) in [7, 11) is 0. The molecule has 0 aliphatic rings. The molecule has 7 nitrogen and oxygen atoms in total. The molecule has 19 heavy (non-hydrogen) atoms. The fourth-order valence-corrected chi connectivity index (χ4v) is 1.47. The zero-order chi connectivity index (χ0) is 14.6. The van der Waals surface area contributed by atoms with E-state index in [9.17, 15) is 14.9 Å². The minimum Gasteiger partial charge on any atom is -0.383 e. The van der Waals surface area contributed by atoms with E-state index in [-0.39, 0.29) is 23.2 Å². The molecule has 0 fully saturated rings. The number of benzene rings is 1. The Morgan fingerprint density at radius 1 is 1.47 bits per heavy atom. The number of rotatable bonds is 6. The number of carbonyl (C=O) groups excluding carboxylic acids is 1. The molecule has 0 spiro atoms. The van der Waals surface area contributed by atoms with Crippen LogP contribution in [0.25, 0.3) is 0 Å². The van der Waals surface area contributed by atoms with E-state index >= 15 is 0 Å². The molecule has 0 aromatic heterocycles. The first-order chi connectivity index (χ1) is 8.82. The second-order valence-electron chi connectivity index (χ2n) is 4.64. The van der Waals surface area contributed by atoms with Crippen molar-refractivity contribution in [3.05, 3.63) is 33.9 Å². The standard InChI is InChI=1S/C12H18N4O3/c1-7(2)10(13)6-15-11-4-3-8(16(18)19)5-9(11)12(14)17/h3-5,7,10,15H,6,13H2,1-2H3,(H2,14,17). The van der Waals surface area contributed by atoms with Crippen LogP contribution in [0.4, 0.5) is 11.4 Å². The number of anilines is 1. The van der Waals surface area contributed by atoms with Gasteiger partial charge in [-0.25, -0.2) is 0 Å². The maximum absolute atomic E-state index is 11.3. The van der Waals surface area contributed by atoms with E-state index < -0.39 is 10.8 Å². The summed E-state index contributed by atoms with van der Waals surface area (Å²) in [6.07, 6.45) is 0. The van der Waals surface area contributed by atoms with Gasteiger partial charge in [0.2, 0.25) is 0 Å². The minimum absolute atomic E-state index is 0.0871. The molecule has 1 aromatic rings. The zero-order valence-electron chi connectivity index (χ0n) is 10.9. The van der Waals surface area contributed by atoms with Crippen LogP contribution in [0.3, 0.4) is 0 Å². The van der Waals surface area contributed by atoms with Crippen LogP contribution in [0.2, 0.25) is 0 Å². The average molecular weight is 266 g/mol. The normalized spacial score (nSPS) is 12.2. The van der Waals surface area contributed by atoms with E-state index in [1.807, 2.05) is 13.8 Å². The Labute approximate surface area is 111 Å². The molecule has 1 rings (SSSR count). The zero-order valence-corrected chi connectivity index (χ0v) is 10.9. The van der Waals surface area contributed by atoms with Crippen LogP contribution in [0.5, 0.6) is 0 Å². The first-order valence-electron chi connectivity index (χ1n) is 5.90. The van der Waals surface area contributed by atoms with Gasteiger partial charge in [0, 0.05) is 30.4 Å². The van der Waals surface area contributed by atoms with Gasteiger partial charge in [0.25, 0.3) is 11.6 Å². The van der Waals surface area contributed by atoms with Gasteiger partial charge in [-0.15, -0.1) is 0 Å². The summed E-state index contributed by atoms with van der Waals surface area (Å²) >= 11 is 0. The summed E-state index contributed by atoms with van der Waals surface area (Å²) < 4.78 is 0. The number of amides is 1. The van der Waals surface area contributed by atoms with E-state index in [0.29, 0.717) is 12.2 Å². The van der Waals surface area contributed by atoms with Crippen LogP contribution in [0, 0.1) is 16.0 Å². The van der Waals surface area contributed by atoms with Gasteiger partial charge in [-0.2, -0.15) is 0 Å². The molecule has 5 N–H and O–H groups in total. The number of nitrogens with zero attached hydrogens (tertiary/aromatic N) is 1. The Hall–Kier alpha value is -2.15. The van der Waals surface area contributed by atoms with Crippen molar-refractivity contribution in [1.82, 2.24) is 0 Å². The van der Waals surface area contributed by atoms with Crippen molar-refractivity contribution < 1.29 is 9.72 Å². The second-order valence-corrected chi connectivity index (χ2v) is 4.64. The van der Waals surface area contributed by atoms with E-state index in [0.717, 1.165) is 6.07 Å². The van der Waals surface area contributed by atoms with Crippen LogP contribution >= 0.6 is 0 Å². The van der Waals surface area contributed by atoms with Gasteiger partial charge >= 0.3 is 0 Å². The van der Waals surface area contributed by atoms with Gasteiger partial charge in [0.15, 0.2) is 0 Å². The first kappa shape index (κ1) is 14.9. The molecule has 7 heteroatoms. The lowest BCUT2D eigenvalue weighted by Crippen LogP contribution is -2.34. The van der Waals surface area contributed by atoms with Crippen molar-refractivity contribution in [2.75, 3.05) is 11.9 Å². The lowest BCUT2D eigenvalue weighted by atomic mass is 10.1. The molecule has 1 aromatic carbocycles. The largest absolute Gasteiger partial charge is 0.383 e. The summed E-state index contributed by atoms with van der Waals surface area (Å²) in [6.45, 7) is 4.42. The molecule has 0 aliphatic heterocycles. The van der Waals surface area contributed by atoms with Gasteiger partial charge in [0.1, 0.15) is 0 Å². The number of nitrogens with two attached hydrogens (primary N) is 2. The molecular weight excluding hydrogens is 248 g/mol. The topological polar surface area (TPSA) is 124 Å². The third kappa shape index (κ3) is 3.92. The SMILES string of the molecule is CC(C)C(N)CNc1ccc([N+](=O)[O-])cc1C(N)=O. The fourth-order valence-electron chi connectivity index (χ4n) is 1.47. The third-order valence-electron chi connectivity index (χ3n) is 2.86. The number of primary amides is 1. The predicted molar refractivity (Wildman–Crippen MR) is 72.9 cm³/mol. The number of hydrogen-bond donors (Lipinski definition) is 3. The van der Waals surface area contributed by atoms with Crippen molar-refractivity contribution >= 4 is 17.3 Å². The summed E-state index contributed by atoms with van der Waals surface area (Å²) in [5.41, 5.74) is 11.5. The highest BCUT2D eigenvalue weighted by molar-refractivity contribution is 5.99. The van der Waals surface area contributed by atoms with Crippen LogP contribution < -0.4 is 16.8 Å². The molecule has 1 unspecified atom stereocenters. The van der Waals surface area contributed by atoms with E-state index in [1.165, 1.54) is 12.1 Å². The van der Waals surface area contributed by atoms with Gasteiger partial charge in [-0.3, -0.25) is 14.9 Å². The molecular formula is C12H18N4O3. The molecule has 1 atom stereocenters. The number of carbonyl (C=O) groups is 1. The van der Waals surface area contributed by atoms with E-state index in [1.54, 1.807) is 0 Å². The van der Waals surface area contributed by atoms with Crippen molar-refractivity contribution in [2.24, 2.45) is 17.4 Å². The molecule has 0 saturated heterocycles. The highest BCUT2D eigenvalue weighted by Crippen LogP contribution is 2.21. The van der Waals surface area contributed by atoms with Crippen LogP contribution in [0.1, 0.15) is 24.2 Å². The molecule has 0 heterocycles. The monoisotopic (exact) mass is 266 g/mol. The van der Waals surface area contributed by atoms with Crippen molar-refractivity contribution in [2.45, 2.75) is 19.9 Å². The van der Waals surface area contributed by atoms with Gasteiger partial charge in [0.05, 0.1) is 10.5 Å². The number of hydrogen-bond acceptors (Lipinski definition) is 5. The molecule has 0 bridgehead atoms. The number of nitro benzene ring substituents is 1. The molecule has 0 radical (unpaired) electrons. The number of nitro groups is 1. The Morgan fingerprint density at radius 3 is 2.58 bits per heavy atom. The molecule has 1 amide bonds. The van der Waals surface area contributed by atoms with E-state index in [4.69, 9.17) is 11.5 Å². The minimum atomic E-state index is -0.718. The van der Waals surface area contributed by atoms with Crippen LogP contribution in [0.15, 0.2) is 18.2 Å². The van der Waals surface area contributed by atoms with Crippen molar-refractivity contribution in [1.29, 1.82) is 0 Å². The number of nitrogens with one attached hydrogen (secondary N) is 1. The van der Waals surface area contributed by atoms with Gasteiger partial charge in [-0.05, 0) is 12.0 Å². The van der Waals surface area contributed by atoms with Crippen LogP contribution in [-0.4, -0.2) is 23.4 Å². The summed E-state index contributed by atoms with van der Waals surface area (Å²) in [5.74, 6) is -0.438. The van der Waals surface area contributed by atoms with E-state index in [2.05, 4.69) is 5.32 Å². The van der Waals surface area contributed by atoms with Crippen molar-refractivity contribution in [3.8, 4) is 0 Å².